The molecule has 2 heterocycles. The van der Waals surface area contributed by atoms with Crippen molar-refractivity contribution in [2.75, 3.05) is 56.8 Å². The molecule has 0 spiro atoms. The van der Waals surface area contributed by atoms with E-state index in [9.17, 15) is 9.59 Å². The summed E-state index contributed by atoms with van der Waals surface area (Å²) in [6.07, 6.45) is 2.27. The highest BCUT2D eigenvalue weighted by molar-refractivity contribution is 7.18. The normalized spacial score (nSPS) is 16.6. The highest BCUT2D eigenvalue weighted by Crippen LogP contribution is 2.30. The highest BCUT2D eigenvalue weighted by atomic mass is 32.1. The van der Waals surface area contributed by atoms with Gasteiger partial charge in [0.1, 0.15) is 5.01 Å². The second kappa shape index (κ2) is 11.3. The Balaban J connectivity index is 1.23. The van der Waals surface area contributed by atoms with Crippen molar-refractivity contribution in [1.29, 1.82) is 0 Å². The number of rotatable bonds is 9. The van der Waals surface area contributed by atoms with E-state index in [0.717, 1.165) is 49.6 Å². The maximum Gasteiger partial charge on any atom is 0.265 e. The highest BCUT2D eigenvalue weighted by Gasteiger charge is 2.27. The Labute approximate surface area is 214 Å². The molecule has 1 aliphatic carbocycles. The number of nitrogens with zero attached hydrogens (tertiary/aromatic N) is 5. The predicted molar refractivity (Wildman–Crippen MR) is 140 cm³/mol. The van der Waals surface area contributed by atoms with Crippen molar-refractivity contribution >= 4 is 34.0 Å². The van der Waals surface area contributed by atoms with Crippen molar-refractivity contribution in [3.05, 3.63) is 60.2 Å². The molecule has 1 aliphatic heterocycles. The van der Waals surface area contributed by atoms with Gasteiger partial charge in [-0.1, -0.05) is 41.7 Å². The molecule has 188 valence electrons. The van der Waals surface area contributed by atoms with Gasteiger partial charge in [0, 0.05) is 37.3 Å². The number of nitrogens with one attached hydrogen (secondary N) is 1. The minimum Gasteiger partial charge on any atom is -0.304 e. The first kappa shape index (κ1) is 24.5. The number of carbonyl (C=O) groups excluding carboxylic acids is 2. The molecule has 10 heteroatoms. The van der Waals surface area contributed by atoms with Gasteiger partial charge in [0.05, 0.1) is 18.8 Å². The molecule has 1 saturated carbocycles. The molecule has 2 fully saturated rings. The molecule has 1 aromatic heterocycles. The third-order valence-corrected chi connectivity index (χ3v) is 7.24. The molecule has 5 rings (SSSR count). The van der Waals surface area contributed by atoms with E-state index < -0.39 is 0 Å². The smallest absolute Gasteiger partial charge is 0.265 e. The molecule has 0 atom stereocenters. The minimum absolute atomic E-state index is 0.0975. The number of carbonyl (C=O) groups is 2. The third kappa shape index (κ3) is 6.33. The van der Waals surface area contributed by atoms with Crippen LogP contribution in [0.2, 0.25) is 0 Å². The van der Waals surface area contributed by atoms with Crippen LogP contribution in [0.5, 0.6) is 0 Å². The van der Waals surface area contributed by atoms with Crippen molar-refractivity contribution in [1.82, 2.24) is 20.0 Å². The van der Waals surface area contributed by atoms with Crippen molar-refractivity contribution in [3.8, 4) is 10.6 Å². The summed E-state index contributed by atoms with van der Waals surface area (Å²) < 4.78 is 0. The first-order valence-electron chi connectivity index (χ1n) is 12.2. The van der Waals surface area contributed by atoms with Gasteiger partial charge in [-0.3, -0.25) is 24.6 Å². The fourth-order valence-corrected chi connectivity index (χ4v) is 4.65. The van der Waals surface area contributed by atoms with Crippen LogP contribution in [0, 0.1) is 5.92 Å². The zero-order valence-electron chi connectivity index (χ0n) is 20.3. The predicted octanol–water partition coefficient (Wildman–Crippen LogP) is 3.38. The number of likely N-dealkylation sites (N-methyl/N-ethyl adjacent to an activating group) is 1. The van der Waals surface area contributed by atoms with Crippen LogP contribution in [0.1, 0.15) is 23.2 Å². The molecule has 0 bridgehead atoms. The largest absolute Gasteiger partial charge is 0.304 e. The number of anilines is 2. The van der Waals surface area contributed by atoms with Crippen molar-refractivity contribution in [2.24, 2.45) is 5.92 Å². The minimum atomic E-state index is -0.286. The van der Waals surface area contributed by atoms with E-state index in [1.807, 2.05) is 30.3 Å². The fraction of sp³-hybridized carbons (Fsp3) is 0.385. The number of aromatic nitrogens is 2. The number of hydrogen-bond acceptors (Lipinski definition) is 8. The molecule has 1 N–H and O–H groups in total. The average molecular weight is 507 g/mol. The second-order valence-electron chi connectivity index (χ2n) is 9.29. The van der Waals surface area contributed by atoms with E-state index in [1.165, 1.54) is 16.4 Å². The lowest BCUT2D eigenvalue weighted by atomic mass is 10.2. The van der Waals surface area contributed by atoms with Crippen molar-refractivity contribution in [3.63, 3.8) is 0 Å². The molecule has 0 radical (unpaired) electrons. The summed E-state index contributed by atoms with van der Waals surface area (Å²) in [6, 6.07) is 16.6. The Morgan fingerprint density at radius 1 is 1.03 bits per heavy atom. The summed E-state index contributed by atoms with van der Waals surface area (Å²) in [5, 5.41) is 13.6. The second-order valence-corrected chi connectivity index (χ2v) is 10.3. The lowest BCUT2D eigenvalue weighted by Gasteiger charge is -2.33. The van der Waals surface area contributed by atoms with Gasteiger partial charge in [-0.25, -0.2) is 0 Å². The van der Waals surface area contributed by atoms with Crippen LogP contribution in [0.15, 0.2) is 54.6 Å². The lowest BCUT2D eigenvalue weighted by molar-refractivity contribution is -0.127. The molecule has 1 saturated heterocycles. The van der Waals surface area contributed by atoms with Crippen LogP contribution in [-0.4, -0.2) is 78.2 Å². The summed E-state index contributed by atoms with van der Waals surface area (Å²) in [5.74, 6) is 0.132. The lowest BCUT2D eigenvalue weighted by Crippen LogP contribution is -2.49. The first-order valence-corrected chi connectivity index (χ1v) is 13.0. The Hall–Kier alpha value is -3.18. The van der Waals surface area contributed by atoms with E-state index >= 15 is 0 Å². The molecule has 2 aromatic carbocycles. The Morgan fingerprint density at radius 3 is 2.44 bits per heavy atom. The Morgan fingerprint density at radius 2 is 1.75 bits per heavy atom. The monoisotopic (exact) mass is 506 g/mol. The first-order chi connectivity index (χ1) is 17.5. The van der Waals surface area contributed by atoms with Crippen LogP contribution in [0.4, 0.5) is 10.8 Å². The van der Waals surface area contributed by atoms with Crippen LogP contribution in [0.25, 0.3) is 10.6 Å². The van der Waals surface area contributed by atoms with Gasteiger partial charge < -0.3 is 4.90 Å². The van der Waals surface area contributed by atoms with E-state index in [-0.39, 0.29) is 11.8 Å². The van der Waals surface area contributed by atoms with Crippen molar-refractivity contribution < 1.29 is 14.4 Å². The zero-order chi connectivity index (χ0) is 24.9. The molecule has 9 nitrogen and oxygen atoms in total. The van der Waals surface area contributed by atoms with Gasteiger partial charge in [-0.05, 0) is 50.1 Å². The number of hydroxylamine groups is 1. The van der Waals surface area contributed by atoms with E-state index in [1.54, 1.807) is 24.3 Å². The summed E-state index contributed by atoms with van der Waals surface area (Å²) in [5.41, 5.74) is 2.03. The van der Waals surface area contributed by atoms with E-state index in [0.29, 0.717) is 35.5 Å². The molecular formula is C26H30N6O3S. The van der Waals surface area contributed by atoms with Crippen LogP contribution in [0.3, 0.4) is 0 Å². The molecule has 3 aromatic rings. The number of benzene rings is 2. The third-order valence-electron chi connectivity index (χ3n) is 6.35. The topological polar surface area (TPSA) is 90.9 Å². The number of piperazine rings is 1. The summed E-state index contributed by atoms with van der Waals surface area (Å²) in [4.78, 5) is 36.3. The van der Waals surface area contributed by atoms with Gasteiger partial charge >= 0.3 is 0 Å². The molecule has 36 heavy (non-hydrogen) atoms. The SMILES string of the molecule is CN1CCN(CC(=O)N(OCC2CC2)c2ccc(C(=O)Nc3nnc(-c4ccccc4)s3)cc2)CC1. The van der Waals surface area contributed by atoms with Gasteiger partial charge in [0.25, 0.3) is 11.8 Å². The molecule has 2 amide bonds. The van der Waals surface area contributed by atoms with Gasteiger partial charge in [-0.15, -0.1) is 10.2 Å². The average Bonchev–Trinajstić information content (AvgIpc) is 3.62. The summed E-state index contributed by atoms with van der Waals surface area (Å²) in [7, 11) is 2.09. The Kier molecular flexibility index (Phi) is 7.66. The molecule has 2 aliphatic rings. The summed E-state index contributed by atoms with van der Waals surface area (Å²) >= 11 is 1.32. The molecule has 0 unspecified atom stereocenters. The number of amides is 2. The standard InChI is InChI=1S/C26H30N6O3S/c1-30-13-15-31(16-14-30)17-23(33)32(35-18-19-7-8-19)22-11-9-20(10-12-22)24(34)27-26-29-28-25(36-26)21-5-3-2-4-6-21/h2-6,9-12,19H,7-8,13-18H2,1H3,(H,27,29,34). The van der Waals surface area contributed by atoms with Crippen LogP contribution < -0.4 is 10.4 Å². The van der Waals surface area contributed by atoms with Crippen LogP contribution in [-0.2, 0) is 9.63 Å². The van der Waals surface area contributed by atoms with E-state index in [4.69, 9.17) is 4.84 Å². The maximum atomic E-state index is 13.2. The van der Waals surface area contributed by atoms with Gasteiger partial charge in [0.15, 0.2) is 0 Å². The maximum absolute atomic E-state index is 13.2. The quantitative estimate of drug-likeness (QED) is 0.445. The summed E-state index contributed by atoms with van der Waals surface area (Å²) in [6.45, 7) is 4.44. The molecular weight excluding hydrogens is 476 g/mol. The zero-order valence-corrected chi connectivity index (χ0v) is 21.1. The van der Waals surface area contributed by atoms with Gasteiger partial charge in [-0.2, -0.15) is 5.06 Å². The van der Waals surface area contributed by atoms with Gasteiger partial charge in [0.2, 0.25) is 5.13 Å². The van der Waals surface area contributed by atoms with Crippen molar-refractivity contribution in [2.45, 2.75) is 12.8 Å². The van der Waals surface area contributed by atoms with E-state index in [2.05, 4.69) is 32.4 Å². The number of hydrogen-bond donors (Lipinski definition) is 1. The van der Waals surface area contributed by atoms with Crippen LogP contribution >= 0.6 is 11.3 Å². The Bertz CT molecular complexity index is 1170. The fourth-order valence-electron chi connectivity index (χ4n) is 3.91.